The molecular weight excluding hydrogens is 258 g/mol. The predicted molar refractivity (Wildman–Crippen MR) is 87.3 cm³/mol. The van der Waals surface area contributed by atoms with Crippen LogP contribution in [0.25, 0.3) is 0 Å². The fourth-order valence-corrected chi connectivity index (χ4v) is 4.26. The number of benzene rings is 1. The minimum Gasteiger partial charge on any atom is -0.387 e. The van der Waals surface area contributed by atoms with E-state index < -0.39 is 0 Å². The third-order valence-electron chi connectivity index (χ3n) is 5.54. The molecule has 0 bridgehead atoms. The number of hydrogen-bond acceptors (Lipinski definition) is 2. The normalized spacial score (nSPS) is 25.5. The van der Waals surface area contributed by atoms with Crippen LogP contribution in [0.3, 0.4) is 0 Å². The molecule has 2 heteroatoms. The molecular formula is C19H29NO. The minimum absolute atomic E-state index is 0.335. The molecule has 2 unspecified atom stereocenters. The maximum Gasteiger partial charge on any atom is 0.0917 e. The van der Waals surface area contributed by atoms with Crippen molar-refractivity contribution in [2.24, 2.45) is 5.92 Å². The van der Waals surface area contributed by atoms with Gasteiger partial charge in [0.15, 0.2) is 0 Å². The van der Waals surface area contributed by atoms with Gasteiger partial charge in [-0.15, -0.1) is 0 Å². The minimum atomic E-state index is -0.335. The van der Waals surface area contributed by atoms with Crippen LogP contribution >= 0.6 is 0 Å². The van der Waals surface area contributed by atoms with Crippen LogP contribution < -0.4 is 0 Å². The van der Waals surface area contributed by atoms with Gasteiger partial charge >= 0.3 is 0 Å². The van der Waals surface area contributed by atoms with Crippen molar-refractivity contribution < 1.29 is 5.11 Å². The van der Waals surface area contributed by atoms with Crippen molar-refractivity contribution >= 4 is 0 Å². The van der Waals surface area contributed by atoms with E-state index in [2.05, 4.69) is 36.1 Å². The van der Waals surface area contributed by atoms with Gasteiger partial charge in [0.05, 0.1) is 6.10 Å². The van der Waals surface area contributed by atoms with Crippen molar-refractivity contribution in [1.82, 2.24) is 4.90 Å². The van der Waals surface area contributed by atoms with Gasteiger partial charge in [-0.25, -0.2) is 0 Å². The van der Waals surface area contributed by atoms with Crippen molar-refractivity contribution in [1.29, 1.82) is 0 Å². The molecule has 1 saturated heterocycles. The number of β-amino-alcohol motifs (C(OH)–C–C–N with tert-alkyl or cyclic N) is 1. The molecule has 0 aromatic heterocycles. The summed E-state index contributed by atoms with van der Waals surface area (Å²) in [6.45, 7) is 4.15. The van der Waals surface area contributed by atoms with E-state index in [1.54, 1.807) is 0 Å². The average Bonchev–Trinajstić information content (AvgIpc) is 3.18. The Balaban J connectivity index is 1.61. The highest BCUT2D eigenvalue weighted by Gasteiger charge is 2.34. The molecule has 0 radical (unpaired) electrons. The molecule has 1 N–H and O–H groups in total. The van der Waals surface area contributed by atoms with Gasteiger partial charge < -0.3 is 5.11 Å². The van der Waals surface area contributed by atoms with Gasteiger partial charge in [0.2, 0.25) is 0 Å². The van der Waals surface area contributed by atoms with Crippen molar-refractivity contribution in [3.8, 4) is 0 Å². The highest BCUT2D eigenvalue weighted by molar-refractivity contribution is 5.24. The second kappa shape index (κ2) is 6.93. The van der Waals surface area contributed by atoms with Crippen molar-refractivity contribution in [2.75, 3.05) is 13.1 Å². The lowest BCUT2D eigenvalue weighted by atomic mass is 9.95. The molecule has 1 saturated carbocycles. The van der Waals surface area contributed by atoms with Crippen molar-refractivity contribution in [3.05, 3.63) is 35.4 Å². The van der Waals surface area contributed by atoms with Crippen LogP contribution in [-0.2, 0) is 6.42 Å². The molecule has 1 aliphatic heterocycles. The van der Waals surface area contributed by atoms with E-state index in [0.717, 1.165) is 30.5 Å². The standard InChI is InChI=1S/C19H29NO/c1-2-15-9-11-17(12-10-15)19(21)14-20-13-5-8-18(20)16-6-3-4-7-16/h9-12,16,18-19,21H,2-8,13-14H2,1H3. The van der Waals surface area contributed by atoms with E-state index in [1.165, 1.54) is 50.6 Å². The fraction of sp³-hybridized carbons (Fsp3) is 0.684. The first kappa shape index (κ1) is 15.1. The molecule has 1 aromatic rings. The number of aryl methyl sites for hydroxylation is 1. The molecule has 1 heterocycles. The molecule has 21 heavy (non-hydrogen) atoms. The Hall–Kier alpha value is -0.860. The lowest BCUT2D eigenvalue weighted by Gasteiger charge is -2.31. The van der Waals surface area contributed by atoms with E-state index in [9.17, 15) is 5.11 Å². The first-order valence-corrected chi connectivity index (χ1v) is 8.79. The molecule has 1 aromatic carbocycles. The summed E-state index contributed by atoms with van der Waals surface area (Å²) in [6.07, 6.45) is 9.01. The van der Waals surface area contributed by atoms with Crippen LogP contribution in [0.15, 0.2) is 24.3 Å². The molecule has 2 atom stereocenters. The topological polar surface area (TPSA) is 23.5 Å². The molecule has 3 rings (SSSR count). The summed E-state index contributed by atoms with van der Waals surface area (Å²) in [5.41, 5.74) is 2.42. The zero-order chi connectivity index (χ0) is 14.7. The quantitative estimate of drug-likeness (QED) is 0.886. The zero-order valence-corrected chi connectivity index (χ0v) is 13.3. The molecule has 2 fully saturated rings. The third kappa shape index (κ3) is 3.49. The molecule has 2 aliphatic rings. The lowest BCUT2D eigenvalue weighted by molar-refractivity contribution is 0.0894. The summed E-state index contributed by atoms with van der Waals surface area (Å²) < 4.78 is 0. The summed E-state index contributed by atoms with van der Waals surface area (Å²) in [7, 11) is 0. The monoisotopic (exact) mass is 287 g/mol. The Kier molecular flexibility index (Phi) is 4.97. The highest BCUT2D eigenvalue weighted by atomic mass is 16.3. The fourth-order valence-electron chi connectivity index (χ4n) is 4.26. The third-order valence-corrected chi connectivity index (χ3v) is 5.54. The number of nitrogens with zero attached hydrogens (tertiary/aromatic N) is 1. The number of rotatable bonds is 5. The molecule has 116 valence electrons. The largest absolute Gasteiger partial charge is 0.387 e. The number of aliphatic hydroxyl groups is 1. The molecule has 1 aliphatic carbocycles. The second-order valence-corrected chi connectivity index (χ2v) is 6.86. The smallest absolute Gasteiger partial charge is 0.0917 e. The maximum atomic E-state index is 10.6. The zero-order valence-electron chi connectivity index (χ0n) is 13.3. The lowest BCUT2D eigenvalue weighted by Crippen LogP contribution is -2.37. The van der Waals surface area contributed by atoms with Crippen molar-refractivity contribution in [3.63, 3.8) is 0 Å². The number of likely N-dealkylation sites (tertiary alicyclic amines) is 1. The van der Waals surface area contributed by atoms with Gasteiger partial charge in [-0.3, -0.25) is 4.90 Å². The Morgan fingerprint density at radius 2 is 1.81 bits per heavy atom. The first-order valence-electron chi connectivity index (χ1n) is 8.79. The van der Waals surface area contributed by atoms with Crippen LogP contribution in [0.4, 0.5) is 0 Å². The van der Waals surface area contributed by atoms with Crippen LogP contribution in [0.5, 0.6) is 0 Å². The van der Waals surface area contributed by atoms with E-state index in [1.807, 2.05) is 0 Å². The molecule has 2 nitrogen and oxygen atoms in total. The van der Waals surface area contributed by atoms with Gasteiger partial charge in [0, 0.05) is 12.6 Å². The maximum absolute atomic E-state index is 10.6. The Labute approximate surface area is 129 Å². The summed E-state index contributed by atoms with van der Waals surface area (Å²) in [4.78, 5) is 2.56. The highest BCUT2D eigenvalue weighted by Crippen LogP contribution is 2.36. The van der Waals surface area contributed by atoms with Gasteiger partial charge in [0.1, 0.15) is 0 Å². The average molecular weight is 287 g/mol. The van der Waals surface area contributed by atoms with Crippen molar-refractivity contribution in [2.45, 2.75) is 64.0 Å². The second-order valence-electron chi connectivity index (χ2n) is 6.86. The van der Waals surface area contributed by atoms with Gasteiger partial charge in [0.25, 0.3) is 0 Å². The number of hydrogen-bond donors (Lipinski definition) is 1. The van der Waals surface area contributed by atoms with E-state index in [0.29, 0.717) is 0 Å². The van der Waals surface area contributed by atoms with Crippen LogP contribution in [0, 0.1) is 5.92 Å². The molecule has 0 amide bonds. The summed E-state index contributed by atoms with van der Waals surface area (Å²) in [5, 5.41) is 10.6. The SMILES string of the molecule is CCc1ccc(C(O)CN2CCCC2C2CCCC2)cc1. The Bertz CT molecular complexity index is 435. The van der Waals surface area contributed by atoms with E-state index in [4.69, 9.17) is 0 Å². The molecule has 0 spiro atoms. The van der Waals surface area contributed by atoms with Crippen LogP contribution in [0.2, 0.25) is 0 Å². The summed E-state index contributed by atoms with van der Waals surface area (Å²) >= 11 is 0. The van der Waals surface area contributed by atoms with Gasteiger partial charge in [-0.05, 0) is 55.7 Å². The van der Waals surface area contributed by atoms with Gasteiger partial charge in [-0.2, -0.15) is 0 Å². The summed E-state index contributed by atoms with van der Waals surface area (Å²) in [5.74, 6) is 0.891. The van der Waals surface area contributed by atoms with E-state index in [-0.39, 0.29) is 6.10 Å². The first-order chi connectivity index (χ1) is 10.3. The summed E-state index contributed by atoms with van der Waals surface area (Å²) in [6, 6.07) is 9.24. The van der Waals surface area contributed by atoms with Gasteiger partial charge in [-0.1, -0.05) is 44.0 Å². The van der Waals surface area contributed by atoms with Crippen LogP contribution in [-0.4, -0.2) is 29.1 Å². The Morgan fingerprint density at radius 1 is 1.10 bits per heavy atom. The number of aliphatic hydroxyl groups excluding tert-OH is 1. The van der Waals surface area contributed by atoms with Crippen LogP contribution in [0.1, 0.15) is 62.7 Å². The van der Waals surface area contributed by atoms with E-state index >= 15 is 0 Å². The Morgan fingerprint density at radius 3 is 2.48 bits per heavy atom. The predicted octanol–water partition coefficient (Wildman–Crippen LogP) is 3.94.